The zero-order valence-electron chi connectivity index (χ0n) is 26.0. The molecule has 0 amide bonds. The van der Waals surface area contributed by atoms with Crippen LogP contribution in [0.25, 0.3) is 0 Å². The van der Waals surface area contributed by atoms with E-state index in [9.17, 15) is 0 Å². The van der Waals surface area contributed by atoms with Crippen molar-refractivity contribution in [3.63, 3.8) is 0 Å². The molecular formula is C37H65P3. The van der Waals surface area contributed by atoms with Crippen LogP contribution >= 0.6 is 23.8 Å². The average molecular weight is 603 g/mol. The quantitative estimate of drug-likeness (QED) is 0.295. The van der Waals surface area contributed by atoms with Crippen LogP contribution in [0.2, 0.25) is 0 Å². The lowest BCUT2D eigenvalue weighted by atomic mass is 9.79. The molecule has 7 fully saturated rings. The second-order valence-corrected chi connectivity index (χ2v) is 22.6. The Morgan fingerprint density at radius 3 is 1.43 bits per heavy atom. The second-order valence-electron chi connectivity index (χ2n) is 14.8. The fraction of sp³-hybridized carbons (Fsp3) is 0.838. The van der Waals surface area contributed by atoms with E-state index >= 15 is 0 Å². The molecule has 14 unspecified atom stereocenters. The zero-order chi connectivity index (χ0) is 27.1. The lowest BCUT2D eigenvalue weighted by Gasteiger charge is -2.33. The first kappa shape index (κ1) is 33.4. The van der Waals surface area contributed by atoms with E-state index in [0.717, 1.165) is 69.2 Å². The largest absolute Gasteiger partial charge is 0.102 e. The molecule has 2 aliphatic carbocycles. The summed E-state index contributed by atoms with van der Waals surface area (Å²) in [4.78, 5) is 0. The maximum absolute atomic E-state index is 2.58. The van der Waals surface area contributed by atoms with Crippen molar-refractivity contribution in [1.82, 2.24) is 0 Å². The highest BCUT2D eigenvalue weighted by molar-refractivity contribution is 7.74. The van der Waals surface area contributed by atoms with Gasteiger partial charge in [-0.15, -0.1) is 7.92 Å². The van der Waals surface area contributed by atoms with Gasteiger partial charge in [-0.05, 0) is 137 Å². The van der Waals surface area contributed by atoms with Crippen molar-refractivity contribution in [2.24, 2.45) is 40.9 Å². The van der Waals surface area contributed by atoms with Crippen molar-refractivity contribution in [1.29, 1.82) is 0 Å². The summed E-state index contributed by atoms with van der Waals surface area (Å²) in [5, 5.41) is 3.75. The summed E-state index contributed by atoms with van der Waals surface area (Å²) in [6.07, 6.45) is 10.8. The van der Waals surface area contributed by atoms with E-state index in [2.05, 4.69) is 72.5 Å². The first-order chi connectivity index (χ1) is 18.2. The van der Waals surface area contributed by atoms with Gasteiger partial charge in [0.1, 0.15) is 0 Å². The minimum Gasteiger partial charge on any atom is -0.102 e. The summed E-state index contributed by atoms with van der Waals surface area (Å²) >= 11 is 0. The van der Waals surface area contributed by atoms with Gasteiger partial charge in [-0.3, -0.25) is 0 Å². The van der Waals surface area contributed by atoms with E-state index in [1.165, 1.54) is 37.8 Å². The van der Waals surface area contributed by atoms with Crippen LogP contribution in [0.3, 0.4) is 0 Å². The number of benzene rings is 1. The molecule has 14 atom stereocenters. The minimum absolute atomic E-state index is 0. The van der Waals surface area contributed by atoms with E-state index in [1.807, 2.05) is 24.5 Å². The van der Waals surface area contributed by atoms with Gasteiger partial charge in [0.25, 0.3) is 0 Å². The fourth-order valence-corrected chi connectivity index (χ4v) is 24.4. The van der Waals surface area contributed by atoms with Crippen molar-refractivity contribution in [3.8, 4) is 0 Å². The molecule has 7 aliphatic rings. The van der Waals surface area contributed by atoms with Crippen LogP contribution in [0.15, 0.2) is 24.3 Å². The summed E-state index contributed by atoms with van der Waals surface area (Å²) in [7, 11) is 0.640. The summed E-state index contributed by atoms with van der Waals surface area (Å²) in [5.41, 5.74) is 7.39. The molecular weight excluding hydrogens is 537 g/mol. The zero-order valence-corrected chi connectivity index (χ0v) is 28.7. The summed E-state index contributed by atoms with van der Waals surface area (Å²) < 4.78 is 0. The third-order valence-electron chi connectivity index (χ3n) is 13.1. The van der Waals surface area contributed by atoms with Crippen molar-refractivity contribution >= 4 is 34.4 Å². The Hall–Kier alpha value is 0.510. The summed E-state index contributed by atoms with van der Waals surface area (Å²) in [5.74, 6) is 6.10. The van der Waals surface area contributed by atoms with Crippen molar-refractivity contribution in [2.45, 2.75) is 149 Å². The van der Waals surface area contributed by atoms with E-state index in [0.29, 0.717) is 7.92 Å². The highest BCUT2D eigenvalue weighted by atomic mass is 31.1. The first-order valence-corrected chi connectivity index (χ1v) is 21.5. The SMILES string of the molecule is C.C.CC.CC1CC2C(C)CC1P2c1ccccc1P1C2CC(C)C1CC2C.CC1CCC23CC1P(C)C2C3C. The smallest absolute Gasteiger partial charge is 0.0118 e. The van der Waals surface area contributed by atoms with Crippen LogP contribution < -0.4 is 10.6 Å². The summed E-state index contributed by atoms with van der Waals surface area (Å²) in [6, 6.07) is 9.86. The summed E-state index contributed by atoms with van der Waals surface area (Å²) in [6.45, 7) is 21.8. The van der Waals surface area contributed by atoms with Gasteiger partial charge in [0.05, 0.1) is 0 Å². The molecule has 1 aromatic rings. The Balaban J connectivity index is 0.000000196. The Bertz CT molecular complexity index is 914. The van der Waals surface area contributed by atoms with Gasteiger partial charge < -0.3 is 0 Å². The third-order valence-corrected chi connectivity index (χ3v) is 24.5. The van der Waals surface area contributed by atoms with Crippen molar-refractivity contribution in [3.05, 3.63) is 24.3 Å². The number of fused-ring (bicyclic) bond motifs is 5. The molecule has 1 aromatic carbocycles. The second kappa shape index (κ2) is 12.5. The van der Waals surface area contributed by atoms with E-state index in [-0.39, 0.29) is 30.7 Å². The molecule has 6 bridgehead atoms. The van der Waals surface area contributed by atoms with Gasteiger partial charge in [0.15, 0.2) is 0 Å². The molecule has 5 aliphatic heterocycles. The molecule has 228 valence electrons. The molecule has 3 heteroatoms. The van der Waals surface area contributed by atoms with Gasteiger partial charge in [0, 0.05) is 0 Å². The van der Waals surface area contributed by atoms with E-state index in [1.54, 1.807) is 12.8 Å². The number of hydrogen-bond donors (Lipinski definition) is 0. The molecule has 2 saturated carbocycles. The maximum atomic E-state index is 2.58. The van der Waals surface area contributed by atoms with Gasteiger partial charge in [-0.1, -0.05) is 110 Å². The predicted molar refractivity (Wildman–Crippen MR) is 190 cm³/mol. The highest BCUT2D eigenvalue weighted by Crippen LogP contribution is 2.82. The highest BCUT2D eigenvalue weighted by Gasteiger charge is 2.71. The fourth-order valence-electron chi connectivity index (χ4n) is 11.0. The molecule has 40 heavy (non-hydrogen) atoms. The lowest BCUT2D eigenvalue weighted by molar-refractivity contribution is 0.274. The Labute approximate surface area is 254 Å². The minimum atomic E-state index is 0. The van der Waals surface area contributed by atoms with Crippen LogP contribution in [-0.2, 0) is 0 Å². The molecule has 0 N–H and O–H groups in total. The number of hydrogen-bond acceptors (Lipinski definition) is 0. The molecule has 0 nitrogen and oxygen atoms in total. The molecule has 0 radical (unpaired) electrons. The molecule has 5 heterocycles. The molecule has 0 aromatic heterocycles. The lowest BCUT2D eigenvalue weighted by Crippen LogP contribution is -2.27. The van der Waals surface area contributed by atoms with Gasteiger partial charge >= 0.3 is 0 Å². The average Bonchev–Trinajstić information content (AvgIpc) is 3.41. The topological polar surface area (TPSA) is 0 Å². The Kier molecular flexibility index (Phi) is 10.4. The number of rotatable bonds is 2. The van der Waals surface area contributed by atoms with Crippen LogP contribution in [0.1, 0.15) is 115 Å². The predicted octanol–water partition coefficient (Wildman–Crippen LogP) is 11.1. The monoisotopic (exact) mass is 602 g/mol. The standard InChI is InChI=1S/C22H32P2.C11H19P.C2H6.2CH4/c1-13-9-20-14(2)10-19(13)23(20)17-7-5-6-8-18(17)24-21-12-16(4)22(24)11-15(21)3;1-7-4-5-11-6-9(7)12(3)10(11)8(11)2;1-2;;/h5-8,13-16,19-22H,9-12H2,1-4H3;7-10H,4-6H2,1-3H3;1-2H3;2*1H4. The van der Waals surface area contributed by atoms with Crippen LogP contribution in [0, 0.1) is 40.9 Å². The van der Waals surface area contributed by atoms with Gasteiger partial charge in [-0.2, -0.15) is 0 Å². The molecule has 5 saturated heterocycles. The normalized spacial score (nSPS) is 51.9. The van der Waals surface area contributed by atoms with Crippen LogP contribution in [0.4, 0.5) is 0 Å². The maximum Gasteiger partial charge on any atom is -0.0118 e. The molecule has 8 rings (SSSR count). The third kappa shape index (κ3) is 4.96. The van der Waals surface area contributed by atoms with E-state index < -0.39 is 0 Å². The van der Waals surface area contributed by atoms with E-state index in [4.69, 9.17) is 0 Å². The van der Waals surface area contributed by atoms with Gasteiger partial charge in [0.2, 0.25) is 0 Å². The Morgan fingerprint density at radius 1 is 0.625 bits per heavy atom. The Morgan fingerprint density at radius 2 is 1.02 bits per heavy atom. The van der Waals surface area contributed by atoms with Crippen LogP contribution in [0.5, 0.6) is 0 Å². The van der Waals surface area contributed by atoms with Crippen molar-refractivity contribution in [2.75, 3.05) is 6.66 Å². The molecule has 1 spiro atoms. The first-order valence-electron chi connectivity index (χ1n) is 16.6. The van der Waals surface area contributed by atoms with Gasteiger partial charge in [-0.25, -0.2) is 0 Å². The van der Waals surface area contributed by atoms with Crippen molar-refractivity contribution < 1.29 is 0 Å². The van der Waals surface area contributed by atoms with Crippen LogP contribution in [-0.4, -0.2) is 40.6 Å².